The van der Waals surface area contributed by atoms with E-state index in [1.807, 2.05) is 20.8 Å². The van der Waals surface area contributed by atoms with Crippen LogP contribution in [0.3, 0.4) is 0 Å². The predicted molar refractivity (Wildman–Crippen MR) is 193 cm³/mol. The largest absolute Gasteiger partial charge is 0.463 e. The summed E-state index contributed by atoms with van der Waals surface area (Å²) < 4.78 is 70.3. The Morgan fingerprint density at radius 2 is 0.731 bits per heavy atom. The van der Waals surface area contributed by atoms with E-state index < -0.39 is 11.7 Å². The van der Waals surface area contributed by atoms with Gasteiger partial charge in [-0.25, -0.2) is 4.79 Å². The van der Waals surface area contributed by atoms with Gasteiger partial charge in [-0.15, -0.1) is 0 Å². The molecule has 0 bridgehead atoms. The number of rotatable bonds is 41. The fraction of sp³-hybridized carbons (Fsp3) is 0.944. The molecule has 52 heavy (non-hydrogen) atoms. The van der Waals surface area contributed by atoms with E-state index in [-0.39, 0.29) is 12.6 Å². The van der Waals surface area contributed by atoms with Crippen molar-refractivity contribution in [2.24, 2.45) is 0 Å². The van der Waals surface area contributed by atoms with E-state index in [2.05, 4.69) is 12.2 Å². The van der Waals surface area contributed by atoms with E-state index in [9.17, 15) is 9.59 Å². The smallest absolute Gasteiger partial charge is 0.407 e. The van der Waals surface area contributed by atoms with Crippen molar-refractivity contribution in [1.82, 2.24) is 5.32 Å². The molecule has 0 aliphatic heterocycles. The van der Waals surface area contributed by atoms with Gasteiger partial charge < -0.3 is 66.9 Å². The van der Waals surface area contributed by atoms with Gasteiger partial charge in [0.25, 0.3) is 0 Å². The molecule has 0 rings (SSSR count). The number of hydrogen-bond donors (Lipinski definition) is 1. The Morgan fingerprint density at radius 1 is 0.423 bits per heavy atom. The summed E-state index contributed by atoms with van der Waals surface area (Å²) in [5.41, 5.74) is -0.515. The quantitative estimate of drug-likeness (QED) is 0.0713. The highest BCUT2D eigenvalue weighted by molar-refractivity contribution is 5.69. The van der Waals surface area contributed by atoms with E-state index >= 15 is 0 Å². The van der Waals surface area contributed by atoms with Gasteiger partial charge in [0, 0.05) is 13.0 Å². The first-order valence-electron chi connectivity index (χ1n) is 18.8. The number of carbonyl (C=O) groups is 2. The molecule has 0 aliphatic carbocycles. The average Bonchev–Trinajstić information content (AvgIpc) is 3.10. The lowest BCUT2D eigenvalue weighted by atomic mass is 10.2. The second kappa shape index (κ2) is 40.5. The first kappa shape index (κ1) is 50.3. The summed E-state index contributed by atoms with van der Waals surface area (Å²) in [5.74, 6) is -0.157. The van der Waals surface area contributed by atoms with Crippen molar-refractivity contribution in [2.75, 3.05) is 159 Å². The number of unbranched alkanes of at least 4 members (excludes halogenated alkanes) is 3. The summed E-state index contributed by atoms with van der Waals surface area (Å²) in [6, 6.07) is 0. The van der Waals surface area contributed by atoms with Crippen LogP contribution in [0.5, 0.6) is 0 Å². The van der Waals surface area contributed by atoms with Crippen molar-refractivity contribution in [3.05, 3.63) is 0 Å². The molecule has 0 spiro atoms. The van der Waals surface area contributed by atoms with E-state index in [0.717, 1.165) is 25.7 Å². The molecule has 0 aliphatic rings. The van der Waals surface area contributed by atoms with Crippen molar-refractivity contribution in [2.45, 2.75) is 65.4 Å². The van der Waals surface area contributed by atoms with Gasteiger partial charge in [0.1, 0.15) is 12.2 Å². The molecule has 0 aromatic carbocycles. The molecule has 0 unspecified atom stereocenters. The van der Waals surface area contributed by atoms with Crippen LogP contribution in [0.15, 0.2) is 0 Å². The monoisotopic (exact) mass is 757 g/mol. The molecule has 0 saturated carbocycles. The van der Waals surface area contributed by atoms with Crippen LogP contribution < -0.4 is 5.32 Å². The summed E-state index contributed by atoms with van der Waals surface area (Å²) >= 11 is 0. The maximum absolute atomic E-state index is 11.6. The fourth-order valence-corrected chi connectivity index (χ4v) is 3.82. The van der Waals surface area contributed by atoms with Crippen LogP contribution in [0.2, 0.25) is 0 Å². The molecular weight excluding hydrogens is 686 g/mol. The molecule has 1 N–H and O–H groups in total. The van der Waals surface area contributed by atoms with Gasteiger partial charge in [0.05, 0.1) is 145 Å². The molecule has 16 heteroatoms. The minimum Gasteiger partial charge on any atom is -0.463 e. The molecule has 0 saturated heterocycles. The number of alkyl carbamates (subject to hydrolysis) is 1. The first-order valence-corrected chi connectivity index (χ1v) is 18.8. The predicted octanol–water partition coefficient (Wildman–Crippen LogP) is 3.21. The standard InChI is InChI=1S/C36H71NO15/c1-5-6-7-8-9-34(38)51-33-32-50-31-30-49-29-28-48-27-26-47-25-24-46-23-22-45-21-20-44-19-18-43-17-16-42-15-14-41-13-12-40-11-10-37-35(39)52-36(2,3)4/h5-33H2,1-4H3,(H,37,39). The third-order valence-corrected chi connectivity index (χ3v) is 6.36. The lowest BCUT2D eigenvalue weighted by Gasteiger charge is -2.19. The Labute approximate surface area is 312 Å². The molecule has 0 atom stereocenters. The second-order valence-electron chi connectivity index (χ2n) is 12.2. The third kappa shape index (κ3) is 44.5. The van der Waals surface area contributed by atoms with Crippen LogP contribution >= 0.6 is 0 Å². The lowest BCUT2D eigenvalue weighted by Crippen LogP contribution is -2.34. The molecule has 0 aromatic rings. The zero-order chi connectivity index (χ0) is 38.1. The number of carbonyl (C=O) groups excluding carboxylic acids is 2. The number of nitrogens with one attached hydrogen (secondary N) is 1. The minimum absolute atomic E-state index is 0.157. The van der Waals surface area contributed by atoms with Crippen LogP contribution in [0.25, 0.3) is 0 Å². The number of amides is 1. The summed E-state index contributed by atoms with van der Waals surface area (Å²) in [6.07, 6.45) is 4.28. The fourth-order valence-electron chi connectivity index (χ4n) is 3.82. The Kier molecular flexibility index (Phi) is 39.2. The Balaban J connectivity index is 3.12. The number of hydrogen-bond acceptors (Lipinski definition) is 15. The van der Waals surface area contributed by atoms with Gasteiger partial charge >= 0.3 is 12.1 Å². The van der Waals surface area contributed by atoms with Gasteiger partial charge in [0.15, 0.2) is 0 Å². The average molecular weight is 758 g/mol. The highest BCUT2D eigenvalue weighted by atomic mass is 16.6. The van der Waals surface area contributed by atoms with Gasteiger partial charge in [-0.3, -0.25) is 4.79 Å². The van der Waals surface area contributed by atoms with Gasteiger partial charge in [-0.1, -0.05) is 26.2 Å². The van der Waals surface area contributed by atoms with E-state index in [4.69, 9.17) is 61.6 Å². The Morgan fingerprint density at radius 3 is 1.04 bits per heavy atom. The van der Waals surface area contributed by atoms with Crippen LogP contribution in [0.4, 0.5) is 4.79 Å². The van der Waals surface area contributed by atoms with Crippen LogP contribution in [0, 0.1) is 0 Å². The van der Waals surface area contributed by atoms with Gasteiger partial charge in [-0.05, 0) is 27.2 Å². The highest BCUT2D eigenvalue weighted by Crippen LogP contribution is 2.06. The van der Waals surface area contributed by atoms with Crippen molar-refractivity contribution in [1.29, 1.82) is 0 Å². The zero-order valence-electron chi connectivity index (χ0n) is 32.6. The van der Waals surface area contributed by atoms with E-state index in [0.29, 0.717) is 158 Å². The maximum Gasteiger partial charge on any atom is 0.407 e. The lowest BCUT2D eigenvalue weighted by molar-refractivity contribution is -0.145. The normalized spacial score (nSPS) is 11.6. The Hall–Kier alpha value is -1.70. The third-order valence-electron chi connectivity index (χ3n) is 6.36. The van der Waals surface area contributed by atoms with Crippen molar-refractivity contribution >= 4 is 12.1 Å². The molecule has 0 heterocycles. The van der Waals surface area contributed by atoms with Crippen LogP contribution in [0.1, 0.15) is 59.8 Å². The molecule has 0 aromatic heterocycles. The minimum atomic E-state index is -0.515. The number of ether oxygens (including phenoxy) is 13. The van der Waals surface area contributed by atoms with Crippen molar-refractivity contribution < 1.29 is 71.2 Å². The first-order chi connectivity index (χ1) is 25.3. The topological polar surface area (TPSA) is 166 Å². The second-order valence-corrected chi connectivity index (χ2v) is 12.2. The van der Waals surface area contributed by atoms with Gasteiger partial charge in [0.2, 0.25) is 0 Å². The summed E-state index contributed by atoms with van der Waals surface area (Å²) in [4.78, 5) is 23.0. The molecule has 310 valence electrons. The van der Waals surface area contributed by atoms with Gasteiger partial charge in [-0.2, -0.15) is 0 Å². The molecule has 0 radical (unpaired) electrons. The molecule has 0 fully saturated rings. The molecule has 16 nitrogen and oxygen atoms in total. The molecular formula is C36H71NO15. The number of esters is 1. The van der Waals surface area contributed by atoms with E-state index in [1.54, 1.807) is 0 Å². The Bertz CT molecular complexity index is 758. The zero-order valence-corrected chi connectivity index (χ0v) is 32.6. The maximum atomic E-state index is 11.6. The molecule has 1 amide bonds. The highest BCUT2D eigenvalue weighted by Gasteiger charge is 2.15. The van der Waals surface area contributed by atoms with Crippen LogP contribution in [-0.4, -0.2) is 176 Å². The summed E-state index contributed by atoms with van der Waals surface area (Å²) in [5, 5.41) is 2.63. The summed E-state index contributed by atoms with van der Waals surface area (Å²) in [7, 11) is 0. The van der Waals surface area contributed by atoms with Crippen LogP contribution in [-0.2, 0) is 66.4 Å². The van der Waals surface area contributed by atoms with Crippen molar-refractivity contribution in [3.8, 4) is 0 Å². The summed E-state index contributed by atoms with van der Waals surface area (Å²) in [6.45, 7) is 18.5. The van der Waals surface area contributed by atoms with E-state index in [1.165, 1.54) is 0 Å². The SMILES string of the molecule is CCCCCCC(=O)OCCOCCOCCOCCOCCOCCOCCOCCOCCOCCOCCOCCNC(=O)OC(C)(C)C. The van der Waals surface area contributed by atoms with Crippen molar-refractivity contribution in [3.63, 3.8) is 0 Å².